The standard InChI is InChI=1S/C12H19N3O/c1-10(2)15-12(16)14-8-4-6-11-5-3-7-13-9-11/h3,5,7,9-10H,4,6,8H2,1-2H3,(H2,14,15,16). The van der Waals surface area contributed by atoms with E-state index in [0.29, 0.717) is 6.54 Å². The van der Waals surface area contributed by atoms with Crippen LogP contribution in [0.15, 0.2) is 24.5 Å². The summed E-state index contributed by atoms with van der Waals surface area (Å²) in [6.07, 6.45) is 5.49. The molecule has 0 aliphatic rings. The largest absolute Gasteiger partial charge is 0.338 e. The van der Waals surface area contributed by atoms with Crippen molar-refractivity contribution in [1.29, 1.82) is 0 Å². The van der Waals surface area contributed by atoms with Crippen molar-refractivity contribution in [2.24, 2.45) is 0 Å². The average Bonchev–Trinajstić information content (AvgIpc) is 2.25. The van der Waals surface area contributed by atoms with E-state index >= 15 is 0 Å². The summed E-state index contributed by atoms with van der Waals surface area (Å²) in [5, 5.41) is 5.59. The number of aryl methyl sites for hydroxylation is 1. The number of carbonyl (C=O) groups excluding carboxylic acids is 1. The third-order valence-electron chi connectivity index (χ3n) is 2.07. The monoisotopic (exact) mass is 221 g/mol. The highest BCUT2D eigenvalue weighted by Crippen LogP contribution is 1.98. The molecule has 0 unspecified atom stereocenters. The first-order valence-electron chi connectivity index (χ1n) is 5.62. The lowest BCUT2D eigenvalue weighted by atomic mass is 10.1. The molecular weight excluding hydrogens is 202 g/mol. The molecule has 0 saturated carbocycles. The number of amides is 2. The van der Waals surface area contributed by atoms with Gasteiger partial charge < -0.3 is 10.6 Å². The second-order valence-corrected chi connectivity index (χ2v) is 4.02. The predicted molar refractivity (Wildman–Crippen MR) is 64.2 cm³/mol. The maximum atomic E-state index is 11.2. The molecule has 0 atom stereocenters. The number of nitrogens with one attached hydrogen (secondary N) is 2. The highest BCUT2D eigenvalue weighted by atomic mass is 16.2. The van der Waals surface area contributed by atoms with Gasteiger partial charge in [0.25, 0.3) is 0 Å². The minimum Gasteiger partial charge on any atom is -0.338 e. The zero-order chi connectivity index (χ0) is 11.8. The van der Waals surface area contributed by atoms with Gasteiger partial charge in [-0.25, -0.2) is 4.79 Å². The number of hydrogen-bond acceptors (Lipinski definition) is 2. The van der Waals surface area contributed by atoms with Crippen LogP contribution in [0.5, 0.6) is 0 Å². The van der Waals surface area contributed by atoms with E-state index < -0.39 is 0 Å². The van der Waals surface area contributed by atoms with E-state index in [1.807, 2.05) is 32.2 Å². The molecule has 0 fully saturated rings. The summed E-state index contributed by atoms with van der Waals surface area (Å²) in [5.41, 5.74) is 1.20. The van der Waals surface area contributed by atoms with Gasteiger partial charge in [0.2, 0.25) is 0 Å². The molecule has 0 aliphatic carbocycles. The van der Waals surface area contributed by atoms with Crippen LogP contribution in [0, 0.1) is 0 Å². The van der Waals surface area contributed by atoms with Crippen molar-refractivity contribution in [2.75, 3.05) is 6.54 Å². The highest BCUT2D eigenvalue weighted by Gasteiger charge is 2.00. The van der Waals surface area contributed by atoms with Crippen molar-refractivity contribution in [1.82, 2.24) is 15.6 Å². The fourth-order valence-electron chi connectivity index (χ4n) is 1.35. The molecule has 0 bridgehead atoms. The van der Waals surface area contributed by atoms with Crippen molar-refractivity contribution in [2.45, 2.75) is 32.7 Å². The predicted octanol–water partition coefficient (Wildman–Crippen LogP) is 1.72. The molecule has 1 heterocycles. The van der Waals surface area contributed by atoms with Crippen molar-refractivity contribution in [3.63, 3.8) is 0 Å². The van der Waals surface area contributed by atoms with Crippen LogP contribution < -0.4 is 10.6 Å². The van der Waals surface area contributed by atoms with Crippen molar-refractivity contribution in [3.8, 4) is 0 Å². The lowest BCUT2D eigenvalue weighted by Gasteiger charge is -2.09. The first-order valence-corrected chi connectivity index (χ1v) is 5.62. The summed E-state index contributed by atoms with van der Waals surface area (Å²) in [7, 11) is 0. The Morgan fingerprint density at radius 2 is 2.31 bits per heavy atom. The van der Waals surface area contributed by atoms with E-state index in [4.69, 9.17) is 0 Å². The Hall–Kier alpha value is -1.58. The Labute approximate surface area is 96.5 Å². The van der Waals surface area contributed by atoms with Gasteiger partial charge in [-0.3, -0.25) is 4.98 Å². The molecule has 0 saturated heterocycles. The molecular formula is C12H19N3O. The van der Waals surface area contributed by atoms with E-state index in [9.17, 15) is 4.79 Å². The minimum absolute atomic E-state index is 0.0961. The molecule has 2 N–H and O–H groups in total. The number of pyridine rings is 1. The maximum Gasteiger partial charge on any atom is 0.314 e. The fraction of sp³-hybridized carbons (Fsp3) is 0.500. The fourth-order valence-corrected chi connectivity index (χ4v) is 1.35. The molecule has 1 aromatic heterocycles. The second-order valence-electron chi connectivity index (χ2n) is 4.02. The van der Waals surface area contributed by atoms with Gasteiger partial charge in [0.05, 0.1) is 0 Å². The van der Waals surface area contributed by atoms with Gasteiger partial charge in [-0.2, -0.15) is 0 Å². The maximum absolute atomic E-state index is 11.2. The number of hydrogen-bond donors (Lipinski definition) is 2. The Kier molecular flexibility index (Phi) is 5.32. The Morgan fingerprint density at radius 3 is 2.94 bits per heavy atom. The molecule has 0 radical (unpaired) electrons. The van der Waals surface area contributed by atoms with Gasteiger partial charge in [-0.15, -0.1) is 0 Å². The zero-order valence-corrected chi connectivity index (χ0v) is 9.86. The lowest BCUT2D eigenvalue weighted by molar-refractivity contribution is 0.238. The highest BCUT2D eigenvalue weighted by molar-refractivity contribution is 5.73. The Balaban J connectivity index is 2.10. The van der Waals surface area contributed by atoms with Gasteiger partial charge in [0, 0.05) is 25.0 Å². The summed E-state index contributed by atoms with van der Waals surface area (Å²) in [6, 6.07) is 4.05. The Bertz CT molecular complexity index is 311. The number of aromatic nitrogens is 1. The van der Waals surface area contributed by atoms with E-state index in [1.165, 1.54) is 5.56 Å². The summed E-state index contributed by atoms with van der Waals surface area (Å²) in [6.45, 7) is 4.57. The third-order valence-corrected chi connectivity index (χ3v) is 2.07. The number of carbonyl (C=O) groups is 1. The molecule has 1 rings (SSSR count). The smallest absolute Gasteiger partial charge is 0.314 e. The summed E-state index contributed by atoms with van der Waals surface area (Å²) >= 11 is 0. The normalized spacial score (nSPS) is 10.2. The van der Waals surface area contributed by atoms with Crippen LogP contribution in [0.4, 0.5) is 4.79 Å². The zero-order valence-electron chi connectivity index (χ0n) is 9.86. The topological polar surface area (TPSA) is 54.0 Å². The molecule has 4 heteroatoms. The molecule has 0 spiro atoms. The molecule has 2 amide bonds. The van der Waals surface area contributed by atoms with Crippen LogP contribution in [-0.4, -0.2) is 23.6 Å². The minimum atomic E-state index is -0.0961. The van der Waals surface area contributed by atoms with Crippen LogP contribution in [-0.2, 0) is 6.42 Å². The molecule has 0 aliphatic heterocycles. The quantitative estimate of drug-likeness (QED) is 0.744. The van der Waals surface area contributed by atoms with E-state index in [-0.39, 0.29) is 12.1 Å². The molecule has 16 heavy (non-hydrogen) atoms. The van der Waals surface area contributed by atoms with Crippen molar-refractivity contribution < 1.29 is 4.79 Å². The molecule has 0 aromatic carbocycles. The van der Waals surface area contributed by atoms with Crippen molar-refractivity contribution in [3.05, 3.63) is 30.1 Å². The molecule has 1 aromatic rings. The van der Waals surface area contributed by atoms with Gasteiger partial charge >= 0.3 is 6.03 Å². The number of nitrogens with zero attached hydrogens (tertiary/aromatic N) is 1. The summed E-state index contributed by atoms with van der Waals surface area (Å²) in [4.78, 5) is 15.3. The van der Waals surface area contributed by atoms with Crippen LogP contribution in [0.3, 0.4) is 0 Å². The lowest BCUT2D eigenvalue weighted by Crippen LogP contribution is -2.39. The van der Waals surface area contributed by atoms with Gasteiger partial charge in [-0.05, 0) is 38.3 Å². The van der Waals surface area contributed by atoms with Crippen LogP contribution in [0.25, 0.3) is 0 Å². The van der Waals surface area contributed by atoms with Crippen LogP contribution in [0.2, 0.25) is 0 Å². The van der Waals surface area contributed by atoms with Crippen molar-refractivity contribution >= 4 is 6.03 Å². The van der Waals surface area contributed by atoms with Crippen LogP contribution in [0.1, 0.15) is 25.8 Å². The molecule has 88 valence electrons. The van der Waals surface area contributed by atoms with E-state index in [0.717, 1.165) is 12.8 Å². The first kappa shape index (κ1) is 12.5. The van der Waals surface area contributed by atoms with Gasteiger partial charge in [0.15, 0.2) is 0 Å². The average molecular weight is 221 g/mol. The molecule has 4 nitrogen and oxygen atoms in total. The van der Waals surface area contributed by atoms with Crippen LogP contribution >= 0.6 is 0 Å². The summed E-state index contributed by atoms with van der Waals surface area (Å²) < 4.78 is 0. The second kappa shape index (κ2) is 6.82. The number of rotatable bonds is 5. The first-order chi connectivity index (χ1) is 7.68. The van der Waals surface area contributed by atoms with E-state index in [1.54, 1.807) is 6.20 Å². The number of urea groups is 1. The van der Waals surface area contributed by atoms with Gasteiger partial charge in [-0.1, -0.05) is 6.07 Å². The van der Waals surface area contributed by atoms with E-state index in [2.05, 4.69) is 15.6 Å². The summed E-state index contributed by atoms with van der Waals surface area (Å²) in [5.74, 6) is 0. The SMILES string of the molecule is CC(C)NC(=O)NCCCc1cccnc1. The third kappa shape index (κ3) is 5.34. The Morgan fingerprint density at radius 1 is 1.50 bits per heavy atom. The van der Waals surface area contributed by atoms with Gasteiger partial charge in [0.1, 0.15) is 0 Å².